The van der Waals surface area contributed by atoms with E-state index >= 15 is 0 Å². The van der Waals surface area contributed by atoms with Crippen LogP contribution < -0.4 is 5.43 Å². The van der Waals surface area contributed by atoms with Gasteiger partial charge in [0.2, 0.25) is 11.2 Å². The molecule has 9 heteroatoms. The van der Waals surface area contributed by atoms with Crippen molar-refractivity contribution in [2.45, 2.75) is 25.7 Å². The number of nitrogens with one attached hydrogen (secondary N) is 1. The molecule has 1 saturated heterocycles. The Labute approximate surface area is 149 Å². The summed E-state index contributed by atoms with van der Waals surface area (Å²) in [5.41, 5.74) is 0.908. The number of nitrogens with zero attached hydrogens (tertiary/aromatic N) is 4. The van der Waals surface area contributed by atoms with Crippen LogP contribution in [0.25, 0.3) is 0 Å². The molecule has 4 rings (SSSR count). The highest BCUT2D eigenvalue weighted by atomic mass is 16.5. The minimum absolute atomic E-state index is 0.125. The second-order valence-corrected chi connectivity index (χ2v) is 6.74. The lowest BCUT2D eigenvalue weighted by Crippen LogP contribution is -2.51. The smallest absolute Gasteiger partial charge is 0.292 e. The topological polar surface area (TPSA) is 112 Å². The Morgan fingerprint density at radius 2 is 1.77 bits per heavy atom. The summed E-state index contributed by atoms with van der Waals surface area (Å²) in [6.45, 7) is 3.11. The van der Waals surface area contributed by atoms with Crippen LogP contribution in [-0.2, 0) is 0 Å². The maximum Gasteiger partial charge on any atom is 0.292 e. The molecular weight excluding hydrogens is 338 g/mol. The van der Waals surface area contributed by atoms with Gasteiger partial charge in [0.05, 0.1) is 5.69 Å². The van der Waals surface area contributed by atoms with E-state index in [1.807, 2.05) is 0 Å². The molecule has 2 aromatic heterocycles. The molecule has 2 aromatic rings. The predicted molar refractivity (Wildman–Crippen MR) is 89.9 cm³/mol. The highest BCUT2D eigenvalue weighted by Gasteiger charge is 2.31. The average Bonchev–Trinajstić information content (AvgIpc) is 3.38. The fourth-order valence-electron chi connectivity index (χ4n) is 3.03. The number of amides is 2. The SMILES string of the molecule is Cc1cc(=O)c(C(=O)N2CCN(C(=O)c3cc(C4CC4)no3)CC2)n[nH]1. The quantitative estimate of drug-likeness (QED) is 0.858. The zero-order valence-electron chi connectivity index (χ0n) is 14.4. The van der Waals surface area contributed by atoms with Crippen LogP contribution >= 0.6 is 0 Å². The van der Waals surface area contributed by atoms with Crippen LogP contribution in [0.5, 0.6) is 0 Å². The van der Waals surface area contributed by atoms with Gasteiger partial charge >= 0.3 is 0 Å². The standard InChI is InChI=1S/C17H19N5O4/c1-10-8-13(23)15(19-18-10)17(25)22-6-4-21(5-7-22)16(24)14-9-12(20-26-14)11-2-3-11/h8-9,11H,2-7H2,1H3,(H,18,23). The Morgan fingerprint density at radius 3 is 2.38 bits per heavy atom. The van der Waals surface area contributed by atoms with E-state index in [1.165, 1.54) is 11.0 Å². The lowest BCUT2D eigenvalue weighted by molar-refractivity contribution is 0.0508. The second kappa shape index (κ2) is 6.40. The minimum Gasteiger partial charge on any atom is -0.351 e. The summed E-state index contributed by atoms with van der Waals surface area (Å²) >= 11 is 0. The number of carbonyl (C=O) groups excluding carboxylic acids is 2. The zero-order chi connectivity index (χ0) is 18.3. The van der Waals surface area contributed by atoms with Gasteiger partial charge in [-0.2, -0.15) is 5.10 Å². The van der Waals surface area contributed by atoms with E-state index < -0.39 is 11.3 Å². The van der Waals surface area contributed by atoms with Gasteiger partial charge in [-0.25, -0.2) is 0 Å². The van der Waals surface area contributed by atoms with Crippen molar-refractivity contribution in [3.8, 4) is 0 Å². The first-order valence-corrected chi connectivity index (χ1v) is 8.64. The Kier molecular flexibility index (Phi) is 4.06. The summed E-state index contributed by atoms with van der Waals surface area (Å²) in [5.74, 6) is 0.0232. The molecule has 1 saturated carbocycles. The molecule has 0 unspecified atom stereocenters. The summed E-state index contributed by atoms with van der Waals surface area (Å²) in [4.78, 5) is 40.1. The number of piperazine rings is 1. The third kappa shape index (κ3) is 3.12. The van der Waals surface area contributed by atoms with Crippen molar-refractivity contribution in [2.24, 2.45) is 0 Å². The first-order chi connectivity index (χ1) is 12.5. The van der Waals surface area contributed by atoms with Gasteiger partial charge in [-0.3, -0.25) is 19.5 Å². The molecule has 1 aliphatic heterocycles. The Bertz CT molecular complexity index is 906. The molecule has 136 valence electrons. The van der Waals surface area contributed by atoms with Gasteiger partial charge in [0.25, 0.3) is 11.8 Å². The molecule has 0 bridgehead atoms. The van der Waals surface area contributed by atoms with Gasteiger partial charge in [0.1, 0.15) is 0 Å². The molecule has 26 heavy (non-hydrogen) atoms. The number of aromatic nitrogens is 3. The van der Waals surface area contributed by atoms with E-state index in [-0.39, 0.29) is 17.4 Å². The van der Waals surface area contributed by atoms with Crippen molar-refractivity contribution in [3.05, 3.63) is 45.2 Å². The van der Waals surface area contributed by atoms with E-state index in [1.54, 1.807) is 17.9 Å². The maximum absolute atomic E-state index is 12.5. The van der Waals surface area contributed by atoms with Crippen molar-refractivity contribution in [2.75, 3.05) is 26.2 Å². The second-order valence-electron chi connectivity index (χ2n) is 6.74. The van der Waals surface area contributed by atoms with Gasteiger partial charge in [-0.15, -0.1) is 0 Å². The molecular formula is C17H19N5O4. The maximum atomic E-state index is 12.5. The van der Waals surface area contributed by atoms with Crippen LogP contribution in [0.1, 0.15) is 51.2 Å². The fraction of sp³-hybridized carbons (Fsp3) is 0.471. The van der Waals surface area contributed by atoms with E-state index in [2.05, 4.69) is 15.4 Å². The molecule has 1 aliphatic carbocycles. The Hall–Kier alpha value is -2.97. The summed E-state index contributed by atoms with van der Waals surface area (Å²) in [5, 5.41) is 10.5. The highest BCUT2D eigenvalue weighted by Crippen LogP contribution is 2.39. The predicted octanol–water partition coefficient (Wildman–Crippen LogP) is 0.542. The Balaban J connectivity index is 1.39. The van der Waals surface area contributed by atoms with Gasteiger partial charge in [-0.05, 0) is 19.8 Å². The third-order valence-electron chi connectivity index (χ3n) is 4.72. The number of H-pyrrole nitrogens is 1. The summed E-state index contributed by atoms with van der Waals surface area (Å²) in [6, 6.07) is 3.06. The van der Waals surface area contributed by atoms with Crippen LogP contribution in [0, 0.1) is 6.92 Å². The number of hydrogen-bond donors (Lipinski definition) is 1. The molecule has 0 aromatic carbocycles. The molecule has 2 amide bonds. The van der Waals surface area contributed by atoms with Gasteiger partial charge in [-0.1, -0.05) is 5.16 Å². The minimum atomic E-state index is -0.422. The van der Waals surface area contributed by atoms with Gasteiger partial charge in [0, 0.05) is 49.9 Å². The highest BCUT2D eigenvalue weighted by molar-refractivity contribution is 5.93. The Morgan fingerprint density at radius 1 is 1.12 bits per heavy atom. The van der Waals surface area contributed by atoms with Gasteiger partial charge in [0.15, 0.2) is 5.69 Å². The van der Waals surface area contributed by atoms with Gasteiger partial charge < -0.3 is 14.3 Å². The lowest BCUT2D eigenvalue weighted by atomic mass is 10.2. The molecule has 0 atom stereocenters. The normalized spacial score (nSPS) is 17.4. The molecule has 0 radical (unpaired) electrons. The average molecular weight is 357 g/mol. The number of aryl methyl sites for hydroxylation is 1. The van der Waals surface area contributed by atoms with Crippen LogP contribution in [0.2, 0.25) is 0 Å². The molecule has 1 N–H and O–H groups in total. The van der Waals surface area contributed by atoms with E-state index in [9.17, 15) is 14.4 Å². The lowest BCUT2D eigenvalue weighted by Gasteiger charge is -2.33. The first-order valence-electron chi connectivity index (χ1n) is 8.64. The monoisotopic (exact) mass is 357 g/mol. The van der Waals surface area contributed by atoms with Crippen molar-refractivity contribution >= 4 is 11.8 Å². The molecule has 0 spiro atoms. The number of carbonyl (C=O) groups is 2. The number of aromatic amines is 1. The van der Waals surface area contributed by atoms with Crippen LogP contribution in [0.15, 0.2) is 21.5 Å². The molecule has 3 heterocycles. The summed E-state index contributed by atoms with van der Waals surface area (Å²) < 4.78 is 5.17. The summed E-state index contributed by atoms with van der Waals surface area (Å²) in [6.07, 6.45) is 2.18. The van der Waals surface area contributed by atoms with Crippen molar-refractivity contribution in [1.82, 2.24) is 25.2 Å². The van der Waals surface area contributed by atoms with Crippen molar-refractivity contribution in [1.29, 1.82) is 0 Å². The fourth-order valence-corrected chi connectivity index (χ4v) is 3.03. The number of hydrogen-bond acceptors (Lipinski definition) is 6. The van der Waals surface area contributed by atoms with Crippen LogP contribution in [-0.4, -0.2) is 63.1 Å². The van der Waals surface area contributed by atoms with Crippen molar-refractivity contribution < 1.29 is 14.1 Å². The molecule has 2 fully saturated rings. The van der Waals surface area contributed by atoms with Crippen LogP contribution in [0.4, 0.5) is 0 Å². The van der Waals surface area contributed by atoms with Crippen molar-refractivity contribution in [3.63, 3.8) is 0 Å². The summed E-state index contributed by atoms with van der Waals surface area (Å²) in [7, 11) is 0. The zero-order valence-corrected chi connectivity index (χ0v) is 14.4. The van der Waals surface area contributed by atoms with E-state index in [0.29, 0.717) is 37.8 Å². The van der Waals surface area contributed by atoms with Crippen LogP contribution in [0.3, 0.4) is 0 Å². The third-order valence-corrected chi connectivity index (χ3v) is 4.72. The molecule has 2 aliphatic rings. The largest absolute Gasteiger partial charge is 0.351 e. The first kappa shape index (κ1) is 16.5. The molecule has 9 nitrogen and oxygen atoms in total. The van der Waals surface area contributed by atoms with E-state index in [0.717, 1.165) is 18.5 Å². The number of rotatable bonds is 3. The van der Waals surface area contributed by atoms with E-state index in [4.69, 9.17) is 4.52 Å².